The fraction of sp³-hybridized carbons (Fsp3) is 0.462. The summed E-state index contributed by atoms with van der Waals surface area (Å²) in [6, 6.07) is 7.86. The van der Waals surface area contributed by atoms with Gasteiger partial charge in [0.2, 0.25) is 5.95 Å². The van der Waals surface area contributed by atoms with Crippen LogP contribution in [0.1, 0.15) is 25.7 Å². The van der Waals surface area contributed by atoms with Crippen LogP contribution in [-0.4, -0.2) is 20.3 Å². The summed E-state index contributed by atoms with van der Waals surface area (Å²) < 4.78 is 1.93. The number of para-hydroxylation sites is 2. The molecular weight excluding hydrogens is 214 g/mol. The number of aliphatic hydroxyl groups is 1. The van der Waals surface area contributed by atoms with E-state index in [1.165, 1.54) is 0 Å². The zero-order valence-corrected chi connectivity index (χ0v) is 9.76. The summed E-state index contributed by atoms with van der Waals surface area (Å²) in [5.41, 5.74) is 7.23. The van der Waals surface area contributed by atoms with Gasteiger partial charge in [-0.3, -0.25) is 0 Å². The van der Waals surface area contributed by atoms with E-state index in [0.29, 0.717) is 12.5 Å². The molecule has 90 valence electrons. The molecule has 0 amide bonds. The Morgan fingerprint density at radius 3 is 2.76 bits per heavy atom. The standard InChI is InChI=1S/C13H17N3O/c14-12-15-10-5-1-2-6-11(10)16(12)9-13(17)7-3-4-8-13/h1-2,5-6,17H,3-4,7-9H2,(H2,14,15). The van der Waals surface area contributed by atoms with E-state index >= 15 is 0 Å². The lowest BCUT2D eigenvalue weighted by atomic mass is 10.0. The Hall–Kier alpha value is -1.55. The molecule has 0 bridgehead atoms. The van der Waals surface area contributed by atoms with Crippen molar-refractivity contribution in [2.45, 2.75) is 37.8 Å². The van der Waals surface area contributed by atoms with Crippen molar-refractivity contribution in [3.05, 3.63) is 24.3 Å². The van der Waals surface area contributed by atoms with Crippen molar-refractivity contribution in [3.8, 4) is 0 Å². The van der Waals surface area contributed by atoms with Crippen molar-refractivity contribution in [2.24, 2.45) is 0 Å². The van der Waals surface area contributed by atoms with Crippen LogP contribution in [0.5, 0.6) is 0 Å². The number of fused-ring (bicyclic) bond motifs is 1. The van der Waals surface area contributed by atoms with Crippen molar-refractivity contribution < 1.29 is 5.11 Å². The minimum atomic E-state index is -0.600. The second kappa shape index (κ2) is 3.74. The van der Waals surface area contributed by atoms with Gasteiger partial charge in [0.05, 0.1) is 23.2 Å². The first kappa shape index (κ1) is 10.6. The molecule has 0 aliphatic heterocycles. The second-order valence-corrected chi connectivity index (χ2v) is 4.98. The summed E-state index contributed by atoms with van der Waals surface area (Å²) in [5, 5.41) is 10.4. The van der Waals surface area contributed by atoms with Crippen LogP contribution in [0.2, 0.25) is 0 Å². The summed E-state index contributed by atoms with van der Waals surface area (Å²) in [4.78, 5) is 4.32. The van der Waals surface area contributed by atoms with Crippen LogP contribution in [0.25, 0.3) is 11.0 Å². The molecule has 1 heterocycles. The number of hydrogen-bond acceptors (Lipinski definition) is 3. The van der Waals surface area contributed by atoms with Crippen LogP contribution in [0.3, 0.4) is 0 Å². The van der Waals surface area contributed by atoms with E-state index in [9.17, 15) is 5.11 Å². The molecule has 17 heavy (non-hydrogen) atoms. The van der Waals surface area contributed by atoms with Crippen molar-refractivity contribution in [2.75, 3.05) is 5.73 Å². The molecule has 3 N–H and O–H groups in total. The van der Waals surface area contributed by atoms with Crippen LogP contribution in [0, 0.1) is 0 Å². The Kier molecular flexibility index (Phi) is 2.33. The van der Waals surface area contributed by atoms with E-state index in [0.717, 1.165) is 36.7 Å². The summed E-state index contributed by atoms with van der Waals surface area (Å²) in [7, 11) is 0. The van der Waals surface area contributed by atoms with Crippen molar-refractivity contribution >= 4 is 17.0 Å². The fourth-order valence-corrected chi connectivity index (χ4v) is 2.75. The highest BCUT2D eigenvalue weighted by Crippen LogP contribution is 2.32. The summed E-state index contributed by atoms with van der Waals surface area (Å²) in [6.07, 6.45) is 3.92. The monoisotopic (exact) mass is 231 g/mol. The molecule has 0 radical (unpaired) electrons. The largest absolute Gasteiger partial charge is 0.388 e. The SMILES string of the molecule is Nc1nc2ccccc2n1CC1(O)CCCC1. The van der Waals surface area contributed by atoms with Gasteiger partial charge in [-0.15, -0.1) is 0 Å². The molecule has 3 rings (SSSR count). The number of anilines is 1. The highest BCUT2D eigenvalue weighted by molar-refractivity contribution is 5.78. The first-order valence-electron chi connectivity index (χ1n) is 6.11. The van der Waals surface area contributed by atoms with E-state index in [-0.39, 0.29) is 0 Å². The molecule has 4 nitrogen and oxygen atoms in total. The highest BCUT2D eigenvalue weighted by atomic mass is 16.3. The first-order valence-corrected chi connectivity index (χ1v) is 6.11. The number of imidazole rings is 1. The van der Waals surface area contributed by atoms with Gasteiger partial charge in [0, 0.05) is 0 Å². The lowest BCUT2D eigenvalue weighted by Crippen LogP contribution is -2.30. The molecular formula is C13H17N3O. The molecule has 1 aromatic heterocycles. The van der Waals surface area contributed by atoms with Crippen LogP contribution in [0.4, 0.5) is 5.95 Å². The van der Waals surface area contributed by atoms with Gasteiger partial charge in [-0.05, 0) is 25.0 Å². The molecule has 2 aromatic rings. The zero-order valence-electron chi connectivity index (χ0n) is 9.76. The van der Waals surface area contributed by atoms with Crippen LogP contribution < -0.4 is 5.73 Å². The average molecular weight is 231 g/mol. The Morgan fingerprint density at radius 1 is 1.29 bits per heavy atom. The Morgan fingerprint density at radius 2 is 2.00 bits per heavy atom. The molecule has 1 fully saturated rings. The topological polar surface area (TPSA) is 64.1 Å². The third kappa shape index (κ3) is 1.78. The quantitative estimate of drug-likeness (QED) is 0.830. The zero-order chi connectivity index (χ0) is 11.9. The average Bonchev–Trinajstić information content (AvgIpc) is 2.86. The maximum Gasteiger partial charge on any atom is 0.201 e. The van der Waals surface area contributed by atoms with Gasteiger partial charge in [-0.2, -0.15) is 0 Å². The van der Waals surface area contributed by atoms with Crippen LogP contribution in [0.15, 0.2) is 24.3 Å². The number of rotatable bonds is 2. The number of nitrogen functional groups attached to an aromatic ring is 1. The van der Waals surface area contributed by atoms with Gasteiger partial charge in [0.1, 0.15) is 0 Å². The van der Waals surface area contributed by atoms with Crippen molar-refractivity contribution in [3.63, 3.8) is 0 Å². The second-order valence-electron chi connectivity index (χ2n) is 4.98. The third-order valence-electron chi connectivity index (χ3n) is 3.67. The Bertz CT molecular complexity index is 541. The van der Waals surface area contributed by atoms with E-state index in [4.69, 9.17) is 5.73 Å². The van der Waals surface area contributed by atoms with Gasteiger partial charge in [-0.25, -0.2) is 4.98 Å². The van der Waals surface area contributed by atoms with Crippen molar-refractivity contribution in [1.82, 2.24) is 9.55 Å². The van der Waals surface area contributed by atoms with Gasteiger partial charge in [0.25, 0.3) is 0 Å². The summed E-state index contributed by atoms with van der Waals surface area (Å²) in [5.74, 6) is 0.492. The number of benzene rings is 1. The van der Waals surface area contributed by atoms with Crippen LogP contribution >= 0.6 is 0 Å². The van der Waals surface area contributed by atoms with Gasteiger partial charge < -0.3 is 15.4 Å². The smallest absolute Gasteiger partial charge is 0.201 e. The maximum absolute atomic E-state index is 10.4. The molecule has 1 aliphatic rings. The van der Waals surface area contributed by atoms with Gasteiger partial charge in [-0.1, -0.05) is 25.0 Å². The first-order chi connectivity index (χ1) is 8.18. The molecule has 0 saturated heterocycles. The Balaban J connectivity index is 2.02. The van der Waals surface area contributed by atoms with E-state index in [1.54, 1.807) is 0 Å². The lowest BCUT2D eigenvalue weighted by molar-refractivity contribution is 0.0315. The predicted octanol–water partition coefficient (Wildman–Crippen LogP) is 1.92. The van der Waals surface area contributed by atoms with E-state index in [2.05, 4.69) is 4.98 Å². The van der Waals surface area contributed by atoms with E-state index < -0.39 is 5.60 Å². The Labute approximate surface area is 100 Å². The van der Waals surface area contributed by atoms with Crippen LogP contribution in [-0.2, 0) is 6.54 Å². The number of nitrogens with two attached hydrogens (primary N) is 1. The molecule has 0 spiro atoms. The third-order valence-corrected chi connectivity index (χ3v) is 3.67. The number of hydrogen-bond donors (Lipinski definition) is 2. The lowest BCUT2D eigenvalue weighted by Gasteiger charge is -2.23. The molecule has 4 heteroatoms. The minimum absolute atomic E-state index is 0.492. The summed E-state index contributed by atoms with van der Waals surface area (Å²) in [6.45, 7) is 0.555. The highest BCUT2D eigenvalue weighted by Gasteiger charge is 2.32. The molecule has 1 saturated carbocycles. The summed E-state index contributed by atoms with van der Waals surface area (Å²) >= 11 is 0. The fourth-order valence-electron chi connectivity index (χ4n) is 2.75. The van der Waals surface area contributed by atoms with E-state index in [1.807, 2.05) is 28.8 Å². The predicted molar refractivity (Wildman–Crippen MR) is 67.6 cm³/mol. The molecule has 0 atom stereocenters. The maximum atomic E-state index is 10.4. The molecule has 1 aliphatic carbocycles. The molecule has 0 unspecified atom stereocenters. The van der Waals surface area contributed by atoms with Gasteiger partial charge >= 0.3 is 0 Å². The minimum Gasteiger partial charge on any atom is -0.388 e. The molecule has 1 aromatic carbocycles. The van der Waals surface area contributed by atoms with Gasteiger partial charge in [0.15, 0.2) is 0 Å². The number of aromatic nitrogens is 2. The van der Waals surface area contributed by atoms with Crippen molar-refractivity contribution in [1.29, 1.82) is 0 Å². The number of nitrogens with zero attached hydrogens (tertiary/aromatic N) is 2. The normalized spacial score (nSPS) is 18.9.